The van der Waals surface area contributed by atoms with Crippen LogP contribution in [0.15, 0.2) is 24.3 Å². The molecular weight excluding hydrogens is 343 g/mol. The third kappa shape index (κ3) is 3.13. The first-order chi connectivity index (χ1) is 10.8. The van der Waals surface area contributed by atoms with E-state index in [0.717, 1.165) is 15.9 Å². The molecule has 1 fully saturated rings. The summed E-state index contributed by atoms with van der Waals surface area (Å²) in [6, 6.07) is 4.05. The first-order valence-electron chi connectivity index (χ1n) is 6.50. The zero-order chi connectivity index (χ0) is 17.3. The van der Waals surface area contributed by atoms with Gasteiger partial charge < -0.3 is 0 Å². The van der Waals surface area contributed by atoms with Crippen molar-refractivity contribution >= 4 is 52.9 Å². The van der Waals surface area contributed by atoms with E-state index in [1.54, 1.807) is 18.2 Å². The van der Waals surface area contributed by atoms with E-state index in [1.807, 2.05) is 0 Å². The summed E-state index contributed by atoms with van der Waals surface area (Å²) in [5, 5.41) is 0.652. The Labute approximate surface area is 142 Å². The molecule has 120 valence electrons. The van der Waals surface area contributed by atoms with E-state index in [0.29, 0.717) is 15.6 Å². The number of carbonyl (C=O) groups is 4. The number of rotatable bonds is 3. The van der Waals surface area contributed by atoms with E-state index < -0.39 is 29.5 Å². The minimum Gasteiger partial charge on any atom is -0.293 e. The summed E-state index contributed by atoms with van der Waals surface area (Å²) in [5.41, 5.74) is 0.401. The number of ketones is 1. The standard InChI is InChI=1S/C15H12Cl2N2O4/c1-18-13(21)12(14(22)19(2)15(18)23)11(20)7-6-8-9(16)4-3-5-10(8)17/h3-7,12H,1-2H3. The van der Waals surface area contributed by atoms with Gasteiger partial charge in [-0.05, 0) is 24.3 Å². The summed E-state index contributed by atoms with van der Waals surface area (Å²) in [6.45, 7) is 0. The summed E-state index contributed by atoms with van der Waals surface area (Å²) in [7, 11) is 2.42. The molecule has 0 saturated carbocycles. The second kappa shape index (κ2) is 6.52. The van der Waals surface area contributed by atoms with Crippen LogP contribution in [-0.4, -0.2) is 47.5 Å². The molecular formula is C15H12Cl2N2O4. The maximum absolute atomic E-state index is 12.2. The molecule has 0 radical (unpaired) electrons. The number of halogens is 2. The van der Waals surface area contributed by atoms with Gasteiger partial charge in [0.15, 0.2) is 11.7 Å². The molecule has 0 aromatic heterocycles. The summed E-state index contributed by atoms with van der Waals surface area (Å²) >= 11 is 12.0. The van der Waals surface area contributed by atoms with Crippen molar-refractivity contribution in [1.29, 1.82) is 0 Å². The summed E-state index contributed by atoms with van der Waals surface area (Å²) in [5.74, 6) is -4.06. The molecule has 1 saturated heterocycles. The van der Waals surface area contributed by atoms with E-state index in [2.05, 4.69) is 0 Å². The fraction of sp³-hybridized carbons (Fsp3) is 0.200. The minimum atomic E-state index is -1.58. The molecule has 6 nitrogen and oxygen atoms in total. The van der Waals surface area contributed by atoms with Gasteiger partial charge >= 0.3 is 6.03 Å². The molecule has 1 aromatic carbocycles. The largest absolute Gasteiger partial charge is 0.332 e. The van der Waals surface area contributed by atoms with Crippen molar-refractivity contribution in [3.8, 4) is 0 Å². The van der Waals surface area contributed by atoms with Gasteiger partial charge in [-0.25, -0.2) is 4.79 Å². The Hall–Kier alpha value is -2.18. The van der Waals surface area contributed by atoms with Crippen LogP contribution in [-0.2, 0) is 14.4 Å². The van der Waals surface area contributed by atoms with Crippen molar-refractivity contribution in [2.45, 2.75) is 0 Å². The Morgan fingerprint density at radius 1 is 1.04 bits per heavy atom. The van der Waals surface area contributed by atoms with E-state index >= 15 is 0 Å². The number of nitrogens with zero attached hydrogens (tertiary/aromatic N) is 2. The van der Waals surface area contributed by atoms with Crippen LogP contribution in [0.25, 0.3) is 6.08 Å². The third-order valence-electron chi connectivity index (χ3n) is 3.43. The van der Waals surface area contributed by atoms with Gasteiger partial charge in [-0.1, -0.05) is 29.3 Å². The monoisotopic (exact) mass is 354 g/mol. The Morgan fingerprint density at radius 2 is 1.52 bits per heavy atom. The number of hydrogen-bond acceptors (Lipinski definition) is 4. The lowest BCUT2D eigenvalue weighted by molar-refractivity contribution is -0.150. The van der Waals surface area contributed by atoms with Gasteiger partial charge in [0.25, 0.3) is 11.8 Å². The lowest BCUT2D eigenvalue weighted by Crippen LogP contribution is -2.58. The molecule has 0 spiro atoms. The number of amides is 4. The molecule has 1 aliphatic rings. The summed E-state index contributed by atoms with van der Waals surface area (Å²) in [4.78, 5) is 49.4. The Balaban J connectivity index is 2.30. The van der Waals surface area contributed by atoms with Gasteiger partial charge in [0.05, 0.1) is 0 Å². The van der Waals surface area contributed by atoms with Crippen molar-refractivity contribution in [1.82, 2.24) is 9.80 Å². The quantitative estimate of drug-likeness (QED) is 0.616. The van der Waals surface area contributed by atoms with Gasteiger partial charge in [0.2, 0.25) is 0 Å². The SMILES string of the molecule is CN1C(=O)C(C(=O)C=Cc2c(Cl)cccc2Cl)C(=O)N(C)C1=O. The number of benzene rings is 1. The van der Waals surface area contributed by atoms with Gasteiger partial charge in [-0.15, -0.1) is 0 Å². The van der Waals surface area contributed by atoms with Crippen molar-refractivity contribution in [2.24, 2.45) is 5.92 Å². The second-order valence-corrected chi connectivity index (χ2v) is 5.70. The van der Waals surface area contributed by atoms with Crippen LogP contribution in [0.1, 0.15) is 5.56 Å². The fourth-order valence-corrected chi connectivity index (χ4v) is 2.60. The second-order valence-electron chi connectivity index (χ2n) is 4.88. The first-order valence-corrected chi connectivity index (χ1v) is 7.26. The normalized spacial score (nSPS) is 16.6. The van der Waals surface area contributed by atoms with Gasteiger partial charge in [-0.3, -0.25) is 24.2 Å². The molecule has 1 heterocycles. The van der Waals surface area contributed by atoms with Crippen LogP contribution in [0.2, 0.25) is 10.0 Å². The van der Waals surface area contributed by atoms with Gasteiger partial charge in [0.1, 0.15) is 0 Å². The molecule has 1 aliphatic heterocycles. The highest BCUT2D eigenvalue weighted by Crippen LogP contribution is 2.26. The average Bonchev–Trinajstić information content (AvgIpc) is 2.50. The molecule has 4 amide bonds. The Bertz CT molecular complexity index is 701. The van der Waals surface area contributed by atoms with Gasteiger partial charge in [0, 0.05) is 29.7 Å². The highest BCUT2D eigenvalue weighted by atomic mass is 35.5. The lowest BCUT2D eigenvalue weighted by atomic mass is 9.98. The molecule has 0 bridgehead atoms. The molecule has 1 aromatic rings. The van der Waals surface area contributed by atoms with Crippen LogP contribution in [0, 0.1) is 5.92 Å². The van der Waals surface area contributed by atoms with Crippen molar-refractivity contribution in [2.75, 3.05) is 14.1 Å². The van der Waals surface area contributed by atoms with E-state index in [1.165, 1.54) is 20.2 Å². The highest BCUT2D eigenvalue weighted by molar-refractivity contribution is 6.37. The number of allylic oxidation sites excluding steroid dienone is 1. The average molecular weight is 355 g/mol. The van der Waals surface area contributed by atoms with Crippen molar-refractivity contribution < 1.29 is 19.2 Å². The van der Waals surface area contributed by atoms with Crippen LogP contribution in [0.3, 0.4) is 0 Å². The van der Waals surface area contributed by atoms with Crippen LogP contribution < -0.4 is 0 Å². The number of imide groups is 2. The number of urea groups is 1. The predicted octanol–water partition coefficient (Wildman–Crippen LogP) is 2.24. The van der Waals surface area contributed by atoms with E-state index in [4.69, 9.17) is 23.2 Å². The minimum absolute atomic E-state index is 0.326. The highest BCUT2D eigenvalue weighted by Gasteiger charge is 2.45. The number of carbonyl (C=O) groups excluding carboxylic acids is 4. The predicted molar refractivity (Wildman–Crippen MR) is 84.9 cm³/mol. The summed E-state index contributed by atoms with van der Waals surface area (Å²) in [6.07, 6.45) is 2.40. The number of hydrogen-bond donors (Lipinski definition) is 0. The molecule has 0 N–H and O–H groups in total. The summed E-state index contributed by atoms with van der Waals surface area (Å²) < 4.78 is 0. The Kier molecular flexibility index (Phi) is 4.87. The van der Waals surface area contributed by atoms with Crippen molar-refractivity contribution in [3.05, 3.63) is 39.9 Å². The number of barbiturate groups is 1. The fourth-order valence-electron chi connectivity index (χ4n) is 2.08. The van der Waals surface area contributed by atoms with E-state index in [9.17, 15) is 19.2 Å². The molecule has 0 atom stereocenters. The zero-order valence-electron chi connectivity index (χ0n) is 12.2. The third-order valence-corrected chi connectivity index (χ3v) is 4.09. The smallest absolute Gasteiger partial charge is 0.293 e. The molecule has 8 heteroatoms. The topological polar surface area (TPSA) is 74.8 Å². The zero-order valence-corrected chi connectivity index (χ0v) is 13.8. The molecule has 2 rings (SSSR count). The maximum atomic E-state index is 12.2. The molecule has 23 heavy (non-hydrogen) atoms. The van der Waals surface area contributed by atoms with E-state index in [-0.39, 0.29) is 0 Å². The van der Waals surface area contributed by atoms with Crippen molar-refractivity contribution in [3.63, 3.8) is 0 Å². The molecule has 0 unspecified atom stereocenters. The molecule has 0 aliphatic carbocycles. The van der Waals surface area contributed by atoms with Gasteiger partial charge in [-0.2, -0.15) is 0 Å². The first kappa shape index (κ1) is 17.2. The maximum Gasteiger partial charge on any atom is 0.332 e. The Morgan fingerprint density at radius 3 is 2.00 bits per heavy atom. The van der Waals surface area contributed by atoms with Crippen LogP contribution in [0.5, 0.6) is 0 Å². The lowest BCUT2D eigenvalue weighted by Gasteiger charge is -2.31. The van der Waals surface area contributed by atoms with Crippen LogP contribution in [0.4, 0.5) is 4.79 Å². The van der Waals surface area contributed by atoms with Crippen LogP contribution >= 0.6 is 23.2 Å².